The Balaban J connectivity index is 3.28. The second-order valence-electron chi connectivity index (χ2n) is 1.36. The van der Waals surface area contributed by atoms with E-state index < -0.39 is 11.5 Å². The highest BCUT2D eigenvalue weighted by Gasteiger charge is 2.10. The molecule has 0 amide bonds. The van der Waals surface area contributed by atoms with Gasteiger partial charge in [0.2, 0.25) is 5.56 Å². The van der Waals surface area contributed by atoms with Crippen LogP contribution in [0.25, 0.3) is 0 Å². The molecule has 0 aliphatic heterocycles. The van der Waals surface area contributed by atoms with Crippen molar-refractivity contribution >= 4 is 17.6 Å². The lowest BCUT2D eigenvalue weighted by Gasteiger charge is -2.01. The first-order valence-corrected chi connectivity index (χ1v) is 2.90. The third kappa shape index (κ3) is 4.24. The van der Waals surface area contributed by atoms with E-state index in [0.717, 1.165) is 0 Å². The summed E-state index contributed by atoms with van der Waals surface area (Å²) in [5.41, 5.74) is -1.54. The van der Waals surface area contributed by atoms with E-state index in [1.54, 1.807) is 0 Å². The first-order valence-electron chi connectivity index (χ1n) is 2.46. The van der Waals surface area contributed by atoms with Crippen LogP contribution in [0.2, 0.25) is 0 Å². The average molecular weight is 152 g/mol. The van der Waals surface area contributed by atoms with Gasteiger partial charge in [-0.3, -0.25) is 0 Å². The SMILES string of the molecule is [CH2]CCOC(=O)C(O)Cl. The Morgan fingerprint density at radius 1 is 1.89 bits per heavy atom. The summed E-state index contributed by atoms with van der Waals surface area (Å²) < 4.78 is 4.37. The van der Waals surface area contributed by atoms with Gasteiger partial charge < -0.3 is 9.84 Å². The zero-order chi connectivity index (χ0) is 7.28. The summed E-state index contributed by atoms with van der Waals surface area (Å²) in [4.78, 5) is 10.3. The number of hydrogen-bond acceptors (Lipinski definition) is 3. The van der Waals surface area contributed by atoms with Gasteiger partial charge in [-0.2, -0.15) is 0 Å². The molecule has 0 spiro atoms. The Bertz CT molecular complexity index is 92.2. The maximum Gasteiger partial charge on any atom is 0.350 e. The molecule has 0 saturated heterocycles. The lowest BCUT2D eigenvalue weighted by atomic mass is 10.5. The van der Waals surface area contributed by atoms with E-state index in [2.05, 4.69) is 11.7 Å². The lowest BCUT2D eigenvalue weighted by molar-refractivity contribution is -0.149. The number of carbonyl (C=O) groups is 1. The molecule has 0 aromatic heterocycles. The van der Waals surface area contributed by atoms with Gasteiger partial charge in [0.15, 0.2) is 0 Å². The van der Waals surface area contributed by atoms with E-state index in [-0.39, 0.29) is 6.61 Å². The quantitative estimate of drug-likeness (QED) is 0.467. The molecule has 1 radical (unpaired) electrons. The van der Waals surface area contributed by atoms with Crippen molar-refractivity contribution in [1.29, 1.82) is 0 Å². The van der Waals surface area contributed by atoms with Crippen LogP contribution in [0.5, 0.6) is 0 Å². The van der Waals surface area contributed by atoms with E-state index >= 15 is 0 Å². The van der Waals surface area contributed by atoms with E-state index in [0.29, 0.717) is 6.42 Å². The van der Waals surface area contributed by atoms with Crippen LogP contribution in [0, 0.1) is 6.92 Å². The Hall–Kier alpha value is -0.280. The molecule has 0 bridgehead atoms. The fourth-order valence-corrected chi connectivity index (χ4v) is 0.305. The topological polar surface area (TPSA) is 46.5 Å². The number of alkyl halides is 1. The maximum absolute atomic E-state index is 10.3. The summed E-state index contributed by atoms with van der Waals surface area (Å²) in [6, 6.07) is 0. The van der Waals surface area contributed by atoms with Crippen molar-refractivity contribution in [3.8, 4) is 0 Å². The summed E-state index contributed by atoms with van der Waals surface area (Å²) >= 11 is 4.92. The van der Waals surface area contributed by atoms with Gasteiger partial charge in [-0.25, -0.2) is 4.79 Å². The zero-order valence-corrected chi connectivity index (χ0v) is 5.60. The smallest absolute Gasteiger partial charge is 0.350 e. The maximum atomic E-state index is 10.3. The molecule has 0 saturated carbocycles. The molecule has 0 aliphatic carbocycles. The molecular weight excluding hydrogens is 144 g/mol. The van der Waals surface area contributed by atoms with Crippen molar-refractivity contribution in [1.82, 2.24) is 0 Å². The normalized spacial score (nSPS) is 12.8. The summed E-state index contributed by atoms with van der Waals surface area (Å²) in [5, 5.41) is 8.32. The molecule has 4 heteroatoms. The number of hydrogen-bond donors (Lipinski definition) is 1. The molecule has 53 valence electrons. The summed E-state index contributed by atoms with van der Waals surface area (Å²) in [6.45, 7) is 3.61. The summed E-state index contributed by atoms with van der Waals surface area (Å²) in [5.74, 6) is -0.819. The minimum absolute atomic E-state index is 0.197. The van der Waals surface area contributed by atoms with Crippen molar-refractivity contribution in [3.05, 3.63) is 6.92 Å². The monoisotopic (exact) mass is 151 g/mol. The van der Waals surface area contributed by atoms with Gasteiger partial charge in [-0.15, -0.1) is 0 Å². The predicted octanol–water partition coefficient (Wildman–Crippen LogP) is 0.311. The van der Waals surface area contributed by atoms with E-state index in [1.165, 1.54) is 0 Å². The van der Waals surface area contributed by atoms with Crippen LogP contribution < -0.4 is 0 Å². The van der Waals surface area contributed by atoms with Crippen molar-refractivity contribution in [2.45, 2.75) is 12.0 Å². The molecule has 1 atom stereocenters. The standard InChI is InChI=1S/C5H8ClO3/c1-2-3-9-5(8)4(6)7/h4,7H,1-3H2. The van der Waals surface area contributed by atoms with Crippen molar-refractivity contribution in [2.75, 3.05) is 6.61 Å². The van der Waals surface area contributed by atoms with Crippen molar-refractivity contribution in [3.63, 3.8) is 0 Å². The van der Waals surface area contributed by atoms with E-state index in [4.69, 9.17) is 16.7 Å². The number of carbonyl (C=O) groups excluding carboxylic acids is 1. The Kier molecular flexibility index (Phi) is 4.44. The lowest BCUT2D eigenvalue weighted by Crippen LogP contribution is -2.17. The first kappa shape index (κ1) is 8.72. The second-order valence-corrected chi connectivity index (χ2v) is 1.77. The van der Waals surface area contributed by atoms with Crippen molar-refractivity contribution < 1.29 is 14.6 Å². The molecule has 1 unspecified atom stereocenters. The van der Waals surface area contributed by atoms with Crippen LogP contribution in [0.1, 0.15) is 6.42 Å². The highest BCUT2D eigenvalue weighted by Crippen LogP contribution is 1.93. The molecule has 1 N–H and O–H groups in total. The fraction of sp³-hybridized carbons (Fsp3) is 0.600. The van der Waals surface area contributed by atoms with Crippen LogP contribution in [0.3, 0.4) is 0 Å². The number of halogens is 1. The molecule has 0 rings (SSSR count). The highest BCUT2D eigenvalue weighted by atomic mass is 35.5. The molecule has 9 heavy (non-hydrogen) atoms. The summed E-state index contributed by atoms with van der Waals surface area (Å²) in [6.07, 6.45) is 0.481. The van der Waals surface area contributed by atoms with Crippen molar-refractivity contribution in [2.24, 2.45) is 0 Å². The molecule has 0 heterocycles. The molecule has 0 aliphatic rings. The number of aliphatic hydroxyl groups excluding tert-OH is 1. The zero-order valence-electron chi connectivity index (χ0n) is 4.84. The first-order chi connectivity index (χ1) is 4.18. The van der Waals surface area contributed by atoms with Gasteiger partial charge in [-0.05, 0) is 13.3 Å². The Morgan fingerprint density at radius 2 is 2.44 bits per heavy atom. The van der Waals surface area contributed by atoms with Crippen LogP contribution in [-0.4, -0.2) is 23.2 Å². The highest BCUT2D eigenvalue weighted by molar-refractivity contribution is 6.28. The molecule has 0 fully saturated rings. The van der Waals surface area contributed by atoms with Crippen LogP contribution >= 0.6 is 11.6 Å². The van der Waals surface area contributed by atoms with Gasteiger partial charge in [-0.1, -0.05) is 11.6 Å². The fourth-order valence-electron chi connectivity index (χ4n) is 0.242. The van der Waals surface area contributed by atoms with Gasteiger partial charge in [0, 0.05) is 0 Å². The molecule has 0 aromatic rings. The van der Waals surface area contributed by atoms with Gasteiger partial charge >= 0.3 is 5.97 Å². The van der Waals surface area contributed by atoms with Crippen LogP contribution in [-0.2, 0) is 9.53 Å². The summed E-state index contributed by atoms with van der Waals surface area (Å²) in [7, 11) is 0. The minimum atomic E-state index is -1.54. The Labute approximate surface area is 58.6 Å². The van der Waals surface area contributed by atoms with Gasteiger partial charge in [0.05, 0.1) is 6.61 Å². The number of ether oxygens (including phenoxy) is 1. The number of esters is 1. The van der Waals surface area contributed by atoms with Crippen LogP contribution in [0.15, 0.2) is 0 Å². The molecule has 0 aromatic carbocycles. The number of aliphatic hydroxyl groups is 1. The minimum Gasteiger partial charge on any atom is -0.463 e. The third-order valence-electron chi connectivity index (χ3n) is 0.583. The van der Waals surface area contributed by atoms with Crippen LogP contribution in [0.4, 0.5) is 0 Å². The number of rotatable bonds is 3. The largest absolute Gasteiger partial charge is 0.463 e. The van der Waals surface area contributed by atoms with E-state index in [9.17, 15) is 4.79 Å². The molecular formula is C5H8ClO3. The predicted molar refractivity (Wildman–Crippen MR) is 32.8 cm³/mol. The third-order valence-corrected chi connectivity index (χ3v) is 0.761. The van der Waals surface area contributed by atoms with Gasteiger partial charge in [0.25, 0.3) is 0 Å². The van der Waals surface area contributed by atoms with E-state index in [1.807, 2.05) is 0 Å². The average Bonchev–Trinajstić information content (AvgIpc) is 1.82. The Morgan fingerprint density at radius 3 is 2.78 bits per heavy atom. The second kappa shape index (κ2) is 4.58. The molecule has 3 nitrogen and oxygen atoms in total. The van der Waals surface area contributed by atoms with Gasteiger partial charge in [0.1, 0.15) is 0 Å².